The van der Waals surface area contributed by atoms with Gasteiger partial charge in [0, 0.05) is 12.2 Å². The highest BCUT2D eigenvalue weighted by Gasteiger charge is 2.44. The number of ether oxygens (including phenoxy) is 1. The average Bonchev–Trinajstić information content (AvgIpc) is 2.83. The second-order valence-electron chi connectivity index (χ2n) is 7.86. The summed E-state index contributed by atoms with van der Waals surface area (Å²) in [6.45, 7) is -1.49. The van der Waals surface area contributed by atoms with E-state index >= 15 is 0 Å². The first kappa shape index (κ1) is 28.3. The molecule has 0 aliphatic heterocycles. The lowest BCUT2D eigenvalue weighted by atomic mass is 10.1. The lowest BCUT2D eigenvalue weighted by molar-refractivity contribution is -0.253. The van der Waals surface area contributed by atoms with Gasteiger partial charge in [-0.25, -0.2) is 8.42 Å². The molecular weight excluding hydrogens is 531 g/mol. The number of hydrogen-bond donors (Lipinski definition) is 1. The van der Waals surface area contributed by atoms with Crippen LogP contribution in [0.2, 0.25) is 0 Å². The Morgan fingerprint density at radius 3 is 2.08 bits per heavy atom. The Hall–Kier alpha value is -3.32. The molecule has 200 valence electrons. The van der Waals surface area contributed by atoms with Crippen LogP contribution in [-0.2, 0) is 16.4 Å². The molecule has 0 radical (unpaired) electrons. The number of benzene rings is 3. The van der Waals surface area contributed by atoms with Gasteiger partial charge < -0.3 is 14.7 Å². The molecule has 0 saturated heterocycles. The van der Waals surface area contributed by atoms with E-state index < -0.39 is 53.5 Å². The van der Waals surface area contributed by atoms with Gasteiger partial charge in [0.2, 0.25) is 9.84 Å². The fourth-order valence-electron chi connectivity index (χ4n) is 3.29. The van der Waals surface area contributed by atoms with Crippen molar-refractivity contribution in [3.8, 4) is 5.75 Å². The van der Waals surface area contributed by atoms with Crippen molar-refractivity contribution in [3.63, 3.8) is 0 Å². The zero-order valence-electron chi connectivity index (χ0n) is 18.7. The number of halogens is 7. The van der Waals surface area contributed by atoms with Gasteiger partial charge in [0.15, 0.2) is 6.10 Å². The van der Waals surface area contributed by atoms with Crippen LogP contribution < -0.4 is 9.64 Å². The minimum atomic E-state index is -5.02. The first-order valence-electron chi connectivity index (χ1n) is 10.5. The highest BCUT2D eigenvalue weighted by molar-refractivity contribution is 7.91. The number of aliphatic hydroxyl groups is 1. The molecule has 3 rings (SSSR count). The molecule has 0 bridgehead atoms. The van der Waals surface area contributed by atoms with Crippen molar-refractivity contribution in [2.24, 2.45) is 0 Å². The third-order valence-corrected chi connectivity index (χ3v) is 6.86. The molecule has 1 atom stereocenters. The minimum Gasteiger partial charge on any atom is -0.428 e. The first-order valence-corrected chi connectivity index (χ1v) is 12.0. The average molecular weight is 551 g/mol. The highest BCUT2D eigenvalue weighted by Crippen LogP contribution is 2.31. The summed E-state index contributed by atoms with van der Waals surface area (Å²) in [4.78, 5) is 0.683. The summed E-state index contributed by atoms with van der Waals surface area (Å²) >= 11 is 0. The van der Waals surface area contributed by atoms with Gasteiger partial charge in [-0.15, -0.1) is 0 Å². The molecule has 3 aromatic rings. The van der Waals surface area contributed by atoms with Gasteiger partial charge in [0.25, 0.3) is 0 Å². The zero-order chi connectivity index (χ0) is 27.4. The first-order chi connectivity index (χ1) is 17.2. The summed E-state index contributed by atoms with van der Waals surface area (Å²) in [5.41, 5.74) is 0.0257. The molecule has 1 N–H and O–H groups in total. The Morgan fingerprint density at radius 2 is 1.46 bits per heavy atom. The van der Waals surface area contributed by atoms with Crippen LogP contribution in [0.3, 0.4) is 0 Å². The summed E-state index contributed by atoms with van der Waals surface area (Å²) in [5, 5.41) is 9.68. The Kier molecular flexibility index (Phi) is 8.38. The van der Waals surface area contributed by atoms with E-state index in [-0.39, 0.29) is 21.0 Å². The van der Waals surface area contributed by atoms with Gasteiger partial charge in [0.05, 0.1) is 16.3 Å². The van der Waals surface area contributed by atoms with Gasteiger partial charge >= 0.3 is 18.7 Å². The summed E-state index contributed by atoms with van der Waals surface area (Å²) in [6.07, 6.45) is -16.8. The molecule has 0 aromatic heterocycles. The standard InChI is InChI=1S/C24H20F7NO4S/c25-22(26)24(30,31)36-18-8-4-6-16(12-18)14-32(15-21(33)23(27,28)29)17-7-5-11-20(13-17)37(34,35)19-9-2-1-3-10-19/h1-13,21-22,33H,14-15H2. The quantitative estimate of drug-likeness (QED) is 0.328. The second kappa shape index (κ2) is 11.0. The molecule has 0 spiro atoms. The predicted octanol–water partition coefficient (Wildman–Crippen LogP) is 5.69. The number of alkyl halides is 7. The molecule has 13 heteroatoms. The van der Waals surface area contributed by atoms with Crippen LogP contribution in [0.25, 0.3) is 0 Å². The molecule has 0 heterocycles. The molecule has 1 unspecified atom stereocenters. The molecule has 5 nitrogen and oxygen atoms in total. The van der Waals surface area contributed by atoms with Crippen molar-refractivity contribution in [1.29, 1.82) is 0 Å². The van der Waals surface area contributed by atoms with Gasteiger partial charge in [-0.3, -0.25) is 0 Å². The normalized spacial score (nSPS) is 13.4. The highest BCUT2D eigenvalue weighted by atomic mass is 32.2. The largest absolute Gasteiger partial charge is 0.461 e. The maximum Gasteiger partial charge on any atom is 0.461 e. The van der Waals surface area contributed by atoms with Crippen LogP contribution in [0.5, 0.6) is 5.75 Å². The molecule has 0 aliphatic rings. The number of nitrogens with zero attached hydrogens (tertiary/aromatic N) is 1. The van der Waals surface area contributed by atoms with Crippen molar-refractivity contribution in [2.45, 2.75) is 41.2 Å². The van der Waals surface area contributed by atoms with Crippen LogP contribution in [-0.4, -0.2) is 44.9 Å². The number of aliphatic hydroxyl groups excluding tert-OH is 1. The summed E-state index contributed by atoms with van der Waals surface area (Å²) in [5.74, 6) is -0.667. The maximum atomic E-state index is 13.3. The summed E-state index contributed by atoms with van der Waals surface area (Å²) in [6, 6.07) is 16.6. The van der Waals surface area contributed by atoms with E-state index in [1.54, 1.807) is 6.07 Å². The van der Waals surface area contributed by atoms with E-state index in [2.05, 4.69) is 4.74 Å². The fourth-order valence-corrected chi connectivity index (χ4v) is 4.61. The van der Waals surface area contributed by atoms with Gasteiger partial charge in [-0.05, 0) is 48.0 Å². The van der Waals surface area contributed by atoms with E-state index in [9.17, 15) is 44.3 Å². The Bertz CT molecular complexity index is 1300. The topological polar surface area (TPSA) is 66.8 Å². The van der Waals surface area contributed by atoms with Crippen molar-refractivity contribution >= 4 is 15.5 Å². The van der Waals surface area contributed by atoms with Crippen LogP contribution in [0.1, 0.15) is 5.56 Å². The predicted molar refractivity (Wildman–Crippen MR) is 119 cm³/mol. The number of hydrogen-bond acceptors (Lipinski definition) is 5. The van der Waals surface area contributed by atoms with Crippen LogP contribution in [0.4, 0.5) is 36.4 Å². The summed E-state index contributed by atoms with van der Waals surface area (Å²) < 4.78 is 121. The van der Waals surface area contributed by atoms with E-state index in [1.165, 1.54) is 54.6 Å². The summed E-state index contributed by atoms with van der Waals surface area (Å²) in [7, 11) is -4.05. The smallest absolute Gasteiger partial charge is 0.428 e. The molecule has 37 heavy (non-hydrogen) atoms. The monoisotopic (exact) mass is 551 g/mol. The van der Waals surface area contributed by atoms with Gasteiger partial charge in [-0.1, -0.05) is 36.4 Å². The molecule has 0 saturated carbocycles. The number of rotatable bonds is 10. The number of anilines is 1. The lowest BCUT2D eigenvalue weighted by Crippen LogP contribution is -2.41. The molecular formula is C24H20F7NO4S. The third-order valence-electron chi connectivity index (χ3n) is 5.10. The molecule has 3 aromatic carbocycles. The van der Waals surface area contributed by atoms with Crippen LogP contribution in [0.15, 0.2) is 88.7 Å². The van der Waals surface area contributed by atoms with Crippen molar-refractivity contribution < 1.29 is 49.0 Å². The fraction of sp³-hybridized carbons (Fsp3) is 0.250. The molecule has 0 amide bonds. The van der Waals surface area contributed by atoms with Crippen LogP contribution in [0, 0.1) is 0 Å². The van der Waals surface area contributed by atoms with E-state index in [1.807, 2.05) is 0 Å². The minimum absolute atomic E-state index is 0.0375. The van der Waals surface area contributed by atoms with Crippen molar-refractivity contribution in [1.82, 2.24) is 0 Å². The Morgan fingerprint density at radius 1 is 0.838 bits per heavy atom. The zero-order valence-corrected chi connectivity index (χ0v) is 19.6. The van der Waals surface area contributed by atoms with Gasteiger partial charge in [-0.2, -0.15) is 30.7 Å². The maximum absolute atomic E-state index is 13.3. The van der Waals surface area contributed by atoms with Gasteiger partial charge in [0.1, 0.15) is 5.75 Å². The van der Waals surface area contributed by atoms with E-state index in [0.29, 0.717) is 0 Å². The van der Waals surface area contributed by atoms with E-state index in [0.717, 1.165) is 23.1 Å². The Balaban J connectivity index is 1.97. The SMILES string of the molecule is O=S(=O)(c1ccccc1)c1cccc(N(Cc2cccc(OC(F)(F)C(F)F)c2)CC(O)C(F)(F)F)c1. The Labute approximate surface area is 207 Å². The van der Waals surface area contributed by atoms with Crippen molar-refractivity contribution in [3.05, 3.63) is 84.4 Å². The van der Waals surface area contributed by atoms with Crippen LogP contribution >= 0.6 is 0 Å². The molecule has 0 aliphatic carbocycles. The third kappa shape index (κ3) is 7.13. The van der Waals surface area contributed by atoms with Crippen molar-refractivity contribution in [2.75, 3.05) is 11.4 Å². The second-order valence-corrected chi connectivity index (χ2v) is 9.81. The molecule has 0 fully saturated rings. The lowest BCUT2D eigenvalue weighted by Gasteiger charge is -2.29. The number of sulfone groups is 1. The van der Waals surface area contributed by atoms with E-state index in [4.69, 9.17) is 0 Å².